The summed E-state index contributed by atoms with van der Waals surface area (Å²) in [7, 11) is -1.62. The molecule has 0 radical (unpaired) electrons. The van der Waals surface area contributed by atoms with Crippen molar-refractivity contribution >= 4 is 61.1 Å². The van der Waals surface area contributed by atoms with Gasteiger partial charge in [0.25, 0.3) is 0 Å². The van der Waals surface area contributed by atoms with Crippen LogP contribution >= 0.6 is 15.9 Å². The highest BCUT2D eigenvalue weighted by Gasteiger charge is 2.36. The van der Waals surface area contributed by atoms with Crippen molar-refractivity contribution in [3.05, 3.63) is 51.5 Å². The third-order valence-corrected chi connectivity index (χ3v) is 9.87. The molecule has 4 rings (SSSR count). The second-order valence-electron chi connectivity index (χ2n) is 9.53. The van der Waals surface area contributed by atoms with Crippen LogP contribution in [0.15, 0.2) is 39.7 Å². The van der Waals surface area contributed by atoms with Crippen LogP contribution in [0.25, 0.3) is 0 Å². The van der Waals surface area contributed by atoms with Gasteiger partial charge in [-0.3, -0.25) is 9.59 Å². The van der Waals surface area contributed by atoms with Gasteiger partial charge in [-0.05, 0) is 71.1 Å². The average molecular weight is 637 g/mol. The molecule has 0 aliphatic carbocycles. The number of hydrogen-bond acceptors (Lipinski definition) is 8. The zero-order valence-corrected chi connectivity index (χ0v) is 24.8. The van der Waals surface area contributed by atoms with Gasteiger partial charge in [-0.25, -0.2) is 18.0 Å². The molecule has 214 valence electrons. The van der Waals surface area contributed by atoms with Crippen LogP contribution < -0.4 is 10.2 Å². The Morgan fingerprint density at radius 3 is 2.25 bits per heavy atom. The van der Waals surface area contributed by atoms with Gasteiger partial charge >= 0.3 is 11.9 Å². The summed E-state index contributed by atoms with van der Waals surface area (Å²) >= 11 is 3.40. The van der Waals surface area contributed by atoms with Crippen LogP contribution in [0.2, 0.25) is 0 Å². The molecule has 1 atom stereocenters. The Morgan fingerprint density at radius 1 is 1.00 bits per heavy atom. The fourth-order valence-electron chi connectivity index (χ4n) is 4.96. The van der Waals surface area contributed by atoms with E-state index in [1.807, 2.05) is 0 Å². The molecule has 1 saturated heterocycles. The molecule has 1 fully saturated rings. The number of sulfonamides is 1. The second kappa shape index (κ2) is 12.1. The molecule has 0 unspecified atom stereocenters. The lowest BCUT2D eigenvalue weighted by molar-refractivity contribution is -0.121. The molecule has 0 aromatic heterocycles. The maximum atomic E-state index is 13.7. The van der Waals surface area contributed by atoms with Gasteiger partial charge in [-0.15, -0.1) is 0 Å². The molecule has 40 heavy (non-hydrogen) atoms. The van der Waals surface area contributed by atoms with Gasteiger partial charge in [-0.1, -0.05) is 6.92 Å². The summed E-state index contributed by atoms with van der Waals surface area (Å²) in [5.41, 5.74) is 1.75. The van der Waals surface area contributed by atoms with Gasteiger partial charge in [0.1, 0.15) is 0 Å². The topological polar surface area (TPSA) is 139 Å². The van der Waals surface area contributed by atoms with E-state index in [1.54, 1.807) is 17.9 Å². The van der Waals surface area contributed by atoms with Crippen molar-refractivity contribution in [3.8, 4) is 0 Å². The summed E-state index contributed by atoms with van der Waals surface area (Å²) in [6.07, 6.45) is 1.85. The lowest BCUT2D eigenvalue weighted by Crippen LogP contribution is -2.43. The highest BCUT2D eigenvalue weighted by molar-refractivity contribution is 9.10. The fourth-order valence-corrected chi connectivity index (χ4v) is 7.56. The SMILES string of the molecule is CCC(=O)N1CCc2cc(Br)c(S(=O)(=O)N3CCC[C@H](C(=O)Nc4cc(C(=O)OC)cc(C(=O)OC)c4)C3)cc21. The molecule has 0 spiro atoms. The molecule has 0 saturated carbocycles. The number of ether oxygens (including phenoxy) is 2. The van der Waals surface area contributed by atoms with E-state index in [2.05, 4.69) is 21.2 Å². The Balaban J connectivity index is 1.56. The summed E-state index contributed by atoms with van der Waals surface area (Å²) in [6, 6.07) is 7.32. The monoisotopic (exact) mass is 635 g/mol. The number of nitrogens with zero attached hydrogens (tertiary/aromatic N) is 2. The smallest absolute Gasteiger partial charge is 0.337 e. The lowest BCUT2D eigenvalue weighted by Gasteiger charge is -2.31. The van der Waals surface area contributed by atoms with Gasteiger partial charge in [0, 0.05) is 41.9 Å². The number of carbonyl (C=O) groups excluding carboxylic acids is 4. The minimum absolute atomic E-state index is 0.0385. The van der Waals surface area contributed by atoms with E-state index < -0.39 is 33.8 Å². The van der Waals surface area contributed by atoms with E-state index in [-0.39, 0.29) is 40.7 Å². The maximum Gasteiger partial charge on any atom is 0.337 e. The van der Waals surface area contributed by atoms with E-state index in [4.69, 9.17) is 9.47 Å². The van der Waals surface area contributed by atoms with Crippen molar-refractivity contribution in [1.82, 2.24) is 4.31 Å². The standard InChI is InChI=1S/C27H30BrN3O8S/c1-4-24(32)31-9-7-16-13-21(28)23(14-22(16)31)40(36,37)30-8-5-6-17(15-30)25(33)29-20-11-18(26(34)38-2)10-19(12-20)27(35)39-3/h10-14,17H,4-9,15H2,1-3H3,(H,29,33)/t17-/m0/s1. The Hall–Kier alpha value is -3.29. The molecule has 13 heteroatoms. The number of nitrogens with one attached hydrogen (secondary N) is 1. The van der Waals surface area contributed by atoms with Gasteiger partial charge < -0.3 is 19.7 Å². The zero-order valence-electron chi connectivity index (χ0n) is 22.4. The number of benzene rings is 2. The van der Waals surface area contributed by atoms with E-state index in [0.717, 1.165) is 5.56 Å². The van der Waals surface area contributed by atoms with E-state index >= 15 is 0 Å². The molecule has 2 aromatic rings. The highest BCUT2D eigenvalue weighted by atomic mass is 79.9. The van der Waals surface area contributed by atoms with Crippen LogP contribution in [0, 0.1) is 5.92 Å². The molecule has 2 aromatic carbocycles. The summed E-state index contributed by atoms with van der Waals surface area (Å²) in [6.45, 7) is 2.43. The Morgan fingerprint density at radius 2 is 1.65 bits per heavy atom. The van der Waals surface area contributed by atoms with Gasteiger partial charge in [-0.2, -0.15) is 4.31 Å². The van der Waals surface area contributed by atoms with Crippen LogP contribution in [0.4, 0.5) is 11.4 Å². The van der Waals surface area contributed by atoms with E-state index in [1.165, 1.54) is 42.8 Å². The predicted octanol–water partition coefficient (Wildman–Crippen LogP) is 3.36. The number of anilines is 2. The lowest BCUT2D eigenvalue weighted by atomic mass is 9.98. The van der Waals surface area contributed by atoms with Gasteiger partial charge in [0.15, 0.2) is 0 Å². The Kier molecular flexibility index (Phi) is 8.96. The second-order valence-corrected chi connectivity index (χ2v) is 12.3. The van der Waals surface area contributed by atoms with Gasteiger partial charge in [0.05, 0.1) is 36.2 Å². The molecule has 1 N–H and O–H groups in total. The first-order chi connectivity index (χ1) is 19.0. The van der Waals surface area contributed by atoms with Crippen LogP contribution in [0.3, 0.4) is 0 Å². The van der Waals surface area contributed by atoms with Gasteiger partial charge in [0.2, 0.25) is 21.8 Å². The number of rotatable bonds is 7. The first kappa shape index (κ1) is 29.7. The molecular weight excluding hydrogens is 606 g/mol. The first-order valence-corrected chi connectivity index (χ1v) is 15.0. The zero-order chi connectivity index (χ0) is 29.2. The van der Waals surface area contributed by atoms with E-state index in [9.17, 15) is 27.6 Å². The summed E-state index contributed by atoms with van der Waals surface area (Å²) < 4.78 is 38.6. The van der Waals surface area contributed by atoms with Crippen LogP contribution in [0.1, 0.15) is 52.5 Å². The van der Waals surface area contributed by atoms with Crippen LogP contribution in [-0.2, 0) is 35.5 Å². The number of fused-ring (bicyclic) bond motifs is 1. The summed E-state index contributed by atoms with van der Waals surface area (Å²) in [4.78, 5) is 51.5. The summed E-state index contributed by atoms with van der Waals surface area (Å²) in [5, 5.41) is 2.70. The van der Waals surface area contributed by atoms with Crippen molar-refractivity contribution in [3.63, 3.8) is 0 Å². The quantitative estimate of drug-likeness (QED) is 0.457. The van der Waals surface area contributed by atoms with Crippen molar-refractivity contribution < 1.29 is 37.1 Å². The van der Waals surface area contributed by atoms with Crippen LogP contribution in [0.5, 0.6) is 0 Å². The van der Waals surface area contributed by atoms with Crippen molar-refractivity contribution in [1.29, 1.82) is 0 Å². The average Bonchev–Trinajstić information content (AvgIpc) is 3.37. The number of amides is 2. The minimum Gasteiger partial charge on any atom is -0.465 e. The van der Waals surface area contributed by atoms with Crippen molar-refractivity contribution in [2.24, 2.45) is 5.92 Å². The Bertz CT molecular complexity index is 1440. The predicted molar refractivity (Wildman–Crippen MR) is 150 cm³/mol. The molecule has 2 heterocycles. The molecule has 0 bridgehead atoms. The largest absolute Gasteiger partial charge is 0.465 e. The molecular formula is C27H30BrN3O8S. The number of esters is 2. The Labute approximate surface area is 241 Å². The number of halogens is 1. The third kappa shape index (κ3) is 5.91. The number of carbonyl (C=O) groups is 4. The maximum absolute atomic E-state index is 13.7. The van der Waals surface area contributed by atoms with Crippen molar-refractivity contribution in [2.45, 2.75) is 37.5 Å². The molecule has 2 amide bonds. The fraction of sp³-hybridized carbons (Fsp3) is 0.407. The van der Waals surface area contributed by atoms with Crippen LogP contribution in [-0.4, -0.2) is 70.3 Å². The molecule has 11 nitrogen and oxygen atoms in total. The summed E-state index contributed by atoms with van der Waals surface area (Å²) in [5.74, 6) is -2.61. The molecule has 2 aliphatic rings. The van der Waals surface area contributed by atoms with E-state index in [0.29, 0.717) is 42.4 Å². The number of hydrogen-bond donors (Lipinski definition) is 1. The number of piperidine rings is 1. The minimum atomic E-state index is -4.01. The normalized spacial score (nSPS) is 17.2. The molecule has 2 aliphatic heterocycles. The third-order valence-electron chi connectivity index (χ3n) is 7.05. The van der Waals surface area contributed by atoms with Crippen molar-refractivity contribution in [2.75, 3.05) is 44.1 Å². The highest BCUT2D eigenvalue weighted by Crippen LogP contribution is 2.37. The number of methoxy groups -OCH3 is 2. The first-order valence-electron chi connectivity index (χ1n) is 12.8.